The van der Waals surface area contributed by atoms with Crippen molar-refractivity contribution in [2.45, 2.75) is 60.8 Å². The molecule has 0 aliphatic carbocycles. The summed E-state index contributed by atoms with van der Waals surface area (Å²) in [6.45, 7) is 9.79. The van der Waals surface area contributed by atoms with Gasteiger partial charge in [-0.2, -0.15) is 0 Å². The van der Waals surface area contributed by atoms with E-state index in [0.29, 0.717) is 27.6 Å². The van der Waals surface area contributed by atoms with Gasteiger partial charge in [-0.1, -0.05) is 34.8 Å². The Morgan fingerprint density at radius 2 is 1.07 bits per heavy atom. The van der Waals surface area contributed by atoms with Crippen LogP contribution in [0.1, 0.15) is 41.5 Å². The van der Waals surface area contributed by atoms with Crippen molar-refractivity contribution >= 4 is 137 Å². The maximum absolute atomic E-state index is 13.0. The van der Waals surface area contributed by atoms with Gasteiger partial charge in [0.05, 0.1) is 71.8 Å². The second-order valence-corrected chi connectivity index (χ2v) is 22.7. The lowest BCUT2D eigenvalue weighted by atomic mass is 10.2. The monoisotopic (exact) mass is 900 g/mol. The molecule has 0 saturated heterocycles. The predicted octanol–water partition coefficient (Wildman–Crippen LogP) is 10.6. The Labute approximate surface area is 352 Å². The molecule has 8 rings (SSSR count). The Kier molecular flexibility index (Phi) is 12.0. The number of nitrogens with one attached hydrogen (secondary N) is 1. The van der Waals surface area contributed by atoms with Gasteiger partial charge in [0.25, 0.3) is 0 Å². The van der Waals surface area contributed by atoms with Crippen LogP contribution < -0.4 is 11.1 Å². The molecule has 0 fully saturated rings. The average Bonchev–Trinajstić information content (AvgIpc) is 3.80. The molecule has 0 atom stereocenters. The third-order valence-electron chi connectivity index (χ3n) is 8.47. The summed E-state index contributed by atoms with van der Waals surface area (Å²) < 4.78 is 51.2. The van der Waals surface area contributed by atoms with E-state index in [-0.39, 0.29) is 25.0 Å². The molecule has 57 heavy (non-hydrogen) atoms. The molecule has 0 aliphatic heterocycles. The molecule has 0 bridgehead atoms. The first-order chi connectivity index (χ1) is 26.7. The van der Waals surface area contributed by atoms with Gasteiger partial charge >= 0.3 is 0 Å². The fourth-order valence-electron chi connectivity index (χ4n) is 5.20. The van der Waals surface area contributed by atoms with Gasteiger partial charge in [-0.25, -0.2) is 46.7 Å². The summed E-state index contributed by atoms with van der Waals surface area (Å²) in [6.07, 6.45) is 2.72. The van der Waals surface area contributed by atoms with Gasteiger partial charge in [0.15, 0.2) is 19.7 Å². The van der Waals surface area contributed by atoms with Crippen LogP contribution in [-0.2, 0) is 19.7 Å². The maximum Gasteiger partial charge on any atom is 0.184 e. The summed E-state index contributed by atoms with van der Waals surface area (Å²) in [6, 6.07) is 17.6. The molecule has 296 valence electrons. The van der Waals surface area contributed by atoms with Crippen molar-refractivity contribution in [1.29, 1.82) is 0 Å². The Balaban J connectivity index is 0.000000162. The predicted molar refractivity (Wildman–Crippen MR) is 235 cm³/mol. The van der Waals surface area contributed by atoms with Crippen molar-refractivity contribution in [3.8, 4) is 0 Å². The van der Waals surface area contributed by atoms with E-state index < -0.39 is 29.2 Å². The van der Waals surface area contributed by atoms with E-state index in [2.05, 4.69) is 35.2 Å². The molecule has 0 radical (unpaired) electrons. The fraction of sp³-hybridized carbons (Fsp3) is 0.211. The summed E-state index contributed by atoms with van der Waals surface area (Å²) in [7, 11) is -7.19. The van der Waals surface area contributed by atoms with Crippen LogP contribution in [0.3, 0.4) is 0 Å². The first kappa shape index (κ1) is 42.3. The van der Waals surface area contributed by atoms with E-state index in [1.165, 1.54) is 29.5 Å². The molecule has 0 spiro atoms. The van der Waals surface area contributed by atoms with Gasteiger partial charge in [0.1, 0.15) is 23.6 Å². The third kappa shape index (κ3) is 8.92. The first-order valence-corrected chi connectivity index (χ1v) is 22.8. The molecule has 8 aromatic rings. The zero-order valence-corrected chi connectivity index (χ0v) is 36.8. The highest BCUT2D eigenvalue weighted by atomic mass is 35.5. The number of aromatic nitrogens is 6. The van der Waals surface area contributed by atoms with Crippen LogP contribution in [0, 0.1) is 0 Å². The van der Waals surface area contributed by atoms with E-state index >= 15 is 0 Å². The Morgan fingerprint density at radius 3 is 1.63 bits per heavy atom. The highest BCUT2D eigenvalue weighted by Gasteiger charge is 2.34. The highest BCUT2D eigenvalue weighted by Crippen LogP contribution is 2.37. The smallest absolute Gasteiger partial charge is 0.184 e. The zero-order chi connectivity index (χ0) is 41.5. The topological polar surface area (TPSA) is 184 Å². The molecule has 0 amide bonds. The summed E-state index contributed by atoms with van der Waals surface area (Å²) in [5.41, 5.74) is 13.7. The molecule has 12 nitrogen and oxygen atoms in total. The van der Waals surface area contributed by atoms with Crippen molar-refractivity contribution < 1.29 is 16.8 Å². The van der Waals surface area contributed by atoms with Gasteiger partial charge in [-0.3, -0.25) is 0 Å². The van der Waals surface area contributed by atoms with Crippen molar-refractivity contribution in [3.63, 3.8) is 0 Å². The third-order valence-corrected chi connectivity index (χ3v) is 16.3. The Morgan fingerprint density at radius 1 is 0.579 bits per heavy atom. The summed E-state index contributed by atoms with van der Waals surface area (Å²) in [4.78, 5) is 24.9. The van der Waals surface area contributed by atoms with Gasteiger partial charge in [-0.15, -0.1) is 22.7 Å². The van der Waals surface area contributed by atoms with E-state index in [0.717, 1.165) is 27.1 Å². The molecular formula is C38H35Cl3N8O4S4. The molecule has 3 N–H and O–H groups in total. The number of rotatable bonds is 4. The second-order valence-electron chi connectivity index (χ2n) is 14.5. The lowest BCUT2D eigenvalue weighted by Crippen LogP contribution is -2.28. The molecule has 0 saturated carbocycles. The van der Waals surface area contributed by atoms with Crippen LogP contribution in [-0.4, -0.2) is 56.2 Å². The molecule has 19 heteroatoms. The minimum atomic E-state index is -3.63. The minimum Gasteiger partial charge on any atom is -0.399 e. The molecule has 0 aliphatic rings. The number of hydrogen-bond donors (Lipinski definition) is 2. The van der Waals surface area contributed by atoms with Crippen molar-refractivity contribution in [2.24, 2.45) is 0 Å². The maximum atomic E-state index is 13.0. The van der Waals surface area contributed by atoms with Crippen molar-refractivity contribution in [1.82, 2.24) is 29.9 Å². The average molecular weight is 902 g/mol. The lowest BCUT2D eigenvalue weighted by Gasteiger charge is -2.20. The van der Waals surface area contributed by atoms with E-state index in [4.69, 9.17) is 40.5 Å². The summed E-state index contributed by atoms with van der Waals surface area (Å²) in [5, 5.41) is 4.77. The van der Waals surface area contributed by atoms with Crippen molar-refractivity contribution in [3.05, 3.63) is 99.5 Å². The number of anilines is 3. The second kappa shape index (κ2) is 16.2. The van der Waals surface area contributed by atoms with Crippen molar-refractivity contribution in [2.75, 3.05) is 11.1 Å². The Bertz CT molecular complexity index is 3020. The first-order valence-electron chi connectivity index (χ1n) is 16.9. The van der Waals surface area contributed by atoms with Gasteiger partial charge < -0.3 is 11.1 Å². The molecule has 4 heterocycles. The van der Waals surface area contributed by atoms with Crippen LogP contribution >= 0.6 is 57.5 Å². The quantitative estimate of drug-likeness (QED) is 0.126. The molecule has 4 aromatic heterocycles. The van der Waals surface area contributed by atoms with Gasteiger partial charge in [-0.05, 0) is 102 Å². The number of fused-ring (bicyclic) bond motifs is 4. The number of nitrogens with zero attached hydrogens (tertiary/aromatic N) is 6. The molecule has 4 aromatic carbocycles. The SMILES string of the molecule is CC(C)(C)S(=O)(=O)c1cc2c(Cl)ncnc2cc1Cl.CC(C)(C)S(=O)(=O)c1cc2c(Nc3ccc4scnc4c3)ncnc2cc1Cl.Nc1ccc2scnc2c1. The van der Waals surface area contributed by atoms with E-state index in [1.807, 2.05) is 41.9 Å². The normalized spacial score (nSPS) is 12.3. The highest BCUT2D eigenvalue weighted by molar-refractivity contribution is 7.93. The van der Waals surface area contributed by atoms with Crippen LogP contribution in [0.4, 0.5) is 17.2 Å². The Hall–Kier alpha value is -4.29. The van der Waals surface area contributed by atoms with Crippen LogP contribution in [0.2, 0.25) is 15.2 Å². The number of sulfone groups is 2. The van der Waals surface area contributed by atoms with Crippen LogP contribution in [0.5, 0.6) is 0 Å². The number of thiazole rings is 2. The number of nitrogen functional groups attached to an aromatic ring is 1. The summed E-state index contributed by atoms with van der Waals surface area (Å²) in [5.74, 6) is 0.501. The largest absolute Gasteiger partial charge is 0.399 e. The van der Waals surface area contributed by atoms with Gasteiger partial charge in [0.2, 0.25) is 0 Å². The fourth-order valence-corrected chi connectivity index (χ4v) is 10.1. The van der Waals surface area contributed by atoms with Crippen LogP contribution in [0.15, 0.2) is 94.1 Å². The number of nitrogens with two attached hydrogens (primary N) is 1. The minimum absolute atomic E-state index is 0.0471. The van der Waals surface area contributed by atoms with Gasteiger partial charge in [0, 0.05) is 22.1 Å². The van der Waals surface area contributed by atoms with E-state index in [1.54, 1.807) is 81.9 Å². The number of halogens is 3. The number of hydrogen-bond acceptors (Lipinski definition) is 14. The van der Waals surface area contributed by atoms with Crippen LogP contribution in [0.25, 0.3) is 42.2 Å². The number of benzene rings is 4. The molecular weight excluding hydrogens is 867 g/mol. The summed E-state index contributed by atoms with van der Waals surface area (Å²) >= 11 is 21.5. The standard InChI is InChI=1S/C19H17ClN4O2S2.C12H12Cl2N2O2S.C7H6N2S/c1-19(2,3)28(25,26)17-7-12-14(8-13(17)20)21-9-22-18(12)24-11-4-5-16-15(6-11)23-10-27-16;1-12(2,3)19(17,18)10-4-7-9(5-8(10)13)15-6-16-11(7)14;8-5-1-2-7-6(3-5)9-4-10-7/h4-10H,1-3H3,(H,21,22,24);4-6H,1-3H3;1-4H,8H2. The van der Waals surface area contributed by atoms with E-state index in [9.17, 15) is 16.8 Å². The molecule has 0 unspecified atom stereocenters. The zero-order valence-electron chi connectivity index (χ0n) is 31.2. The lowest BCUT2D eigenvalue weighted by molar-refractivity contribution is 0.559.